The quantitative estimate of drug-likeness (QED) is 0.674. The van der Waals surface area contributed by atoms with Crippen molar-refractivity contribution in [2.45, 2.75) is 38.8 Å². The van der Waals surface area contributed by atoms with Crippen molar-refractivity contribution in [1.29, 1.82) is 0 Å². The first-order valence-electron chi connectivity index (χ1n) is 4.86. The van der Waals surface area contributed by atoms with E-state index in [-0.39, 0.29) is 12.6 Å². The Morgan fingerprint density at radius 1 is 1.25 bits per heavy atom. The lowest BCUT2D eigenvalue weighted by atomic mass is 9.94. The first kappa shape index (κ1) is 8.48. The number of nitrogens with one attached hydrogen (secondary N) is 1. The molecule has 0 saturated carbocycles. The van der Waals surface area contributed by atoms with E-state index in [0.29, 0.717) is 0 Å². The van der Waals surface area contributed by atoms with Crippen molar-refractivity contribution in [3.05, 3.63) is 0 Å². The van der Waals surface area contributed by atoms with Gasteiger partial charge in [0, 0.05) is 6.42 Å². The van der Waals surface area contributed by atoms with Crippen LogP contribution in [0.5, 0.6) is 0 Å². The molecule has 2 heterocycles. The van der Waals surface area contributed by atoms with Crippen molar-refractivity contribution < 1.29 is 9.47 Å². The lowest BCUT2D eigenvalue weighted by molar-refractivity contribution is -0.380. The molecule has 0 atom stereocenters. The van der Waals surface area contributed by atoms with E-state index < -0.39 is 0 Å². The lowest BCUT2D eigenvalue weighted by Gasteiger charge is -2.36. The number of rotatable bonds is 2. The van der Waals surface area contributed by atoms with E-state index in [9.17, 15) is 0 Å². The molecule has 0 unspecified atom stereocenters. The second-order valence-corrected chi connectivity index (χ2v) is 3.70. The number of ether oxygens (including phenoxy) is 2. The van der Waals surface area contributed by atoms with E-state index in [1.165, 1.54) is 12.8 Å². The molecular weight excluding hydrogens is 154 g/mol. The van der Waals surface area contributed by atoms with Crippen molar-refractivity contribution in [2.24, 2.45) is 5.92 Å². The predicted molar refractivity (Wildman–Crippen MR) is 45.6 cm³/mol. The fourth-order valence-corrected chi connectivity index (χ4v) is 1.94. The molecule has 2 fully saturated rings. The van der Waals surface area contributed by atoms with Crippen molar-refractivity contribution in [3.8, 4) is 0 Å². The summed E-state index contributed by atoms with van der Waals surface area (Å²) in [7, 11) is 0. The first-order chi connectivity index (χ1) is 5.84. The Labute approximate surface area is 73.4 Å². The molecule has 12 heavy (non-hydrogen) atoms. The summed E-state index contributed by atoms with van der Waals surface area (Å²) in [5.41, 5.74) is 0. The van der Waals surface area contributed by atoms with Crippen LogP contribution in [0.25, 0.3) is 0 Å². The monoisotopic (exact) mass is 171 g/mol. The third kappa shape index (κ3) is 1.97. The summed E-state index contributed by atoms with van der Waals surface area (Å²) >= 11 is 0. The Hall–Kier alpha value is -0.120. The van der Waals surface area contributed by atoms with Gasteiger partial charge in [-0.25, -0.2) is 0 Å². The summed E-state index contributed by atoms with van der Waals surface area (Å²) in [6.45, 7) is 4.26. The van der Waals surface area contributed by atoms with Crippen LogP contribution < -0.4 is 5.32 Å². The zero-order valence-corrected chi connectivity index (χ0v) is 7.58. The highest BCUT2D eigenvalue weighted by Gasteiger charge is 2.29. The van der Waals surface area contributed by atoms with Crippen LogP contribution in [0.4, 0.5) is 0 Å². The molecule has 2 rings (SSSR count). The molecule has 70 valence electrons. The Balaban J connectivity index is 1.65. The highest BCUT2D eigenvalue weighted by Crippen LogP contribution is 2.26. The van der Waals surface area contributed by atoms with Gasteiger partial charge in [0.1, 0.15) is 0 Å². The highest BCUT2D eigenvalue weighted by atomic mass is 16.9. The van der Waals surface area contributed by atoms with Crippen LogP contribution in [0.2, 0.25) is 0 Å². The van der Waals surface area contributed by atoms with E-state index in [1.54, 1.807) is 0 Å². The Morgan fingerprint density at radius 3 is 2.50 bits per heavy atom. The molecule has 0 aromatic heterocycles. The Morgan fingerprint density at radius 2 is 1.92 bits per heavy atom. The van der Waals surface area contributed by atoms with Crippen molar-refractivity contribution in [2.75, 3.05) is 13.1 Å². The maximum absolute atomic E-state index is 5.40. The van der Waals surface area contributed by atoms with E-state index in [1.807, 2.05) is 6.92 Å². The van der Waals surface area contributed by atoms with Gasteiger partial charge in [0.15, 0.2) is 12.6 Å². The second kappa shape index (κ2) is 3.73. The molecule has 0 aromatic carbocycles. The van der Waals surface area contributed by atoms with E-state index in [4.69, 9.17) is 9.47 Å². The van der Waals surface area contributed by atoms with Crippen LogP contribution >= 0.6 is 0 Å². The summed E-state index contributed by atoms with van der Waals surface area (Å²) in [5, 5.41) is 3.35. The van der Waals surface area contributed by atoms with Gasteiger partial charge in [0.05, 0.1) is 0 Å². The highest BCUT2D eigenvalue weighted by molar-refractivity contribution is 4.71. The van der Waals surface area contributed by atoms with Crippen LogP contribution in [-0.2, 0) is 9.47 Å². The summed E-state index contributed by atoms with van der Waals surface area (Å²) in [6.07, 6.45) is 3.78. The molecule has 3 heteroatoms. The zero-order chi connectivity index (χ0) is 8.39. The minimum absolute atomic E-state index is 0.0386. The van der Waals surface area contributed by atoms with Crippen LogP contribution in [0.15, 0.2) is 0 Å². The fourth-order valence-electron chi connectivity index (χ4n) is 1.94. The van der Waals surface area contributed by atoms with E-state index in [0.717, 1.165) is 25.4 Å². The minimum atomic E-state index is 0.0386. The van der Waals surface area contributed by atoms with Crippen molar-refractivity contribution in [1.82, 2.24) is 5.32 Å². The Kier molecular flexibility index (Phi) is 2.63. The van der Waals surface area contributed by atoms with E-state index >= 15 is 0 Å². The number of piperidine rings is 1. The molecule has 0 spiro atoms. The Bertz CT molecular complexity index is 139. The van der Waals surface area contributed by atoms with Crippen LogP contribution in [0, 0.1) is 5.92 Å². The maximum Gasteiger partial charge on any atom is 0.164 e. The maximum atomic E-state index is 5.40. The minimum Gasteiger partial charge on any atom is -0.324 e. The summed E-state index contributed by atoms with van der Waals surface area (Å²) in [6, 6.07) is 0. The van der Waals surface area contributed by atoms with Crippen LogP contribution in [0.3, 0.4) is 0 Å². The van der Waals surface area contributed by atoms with Gasteiger partial charge in [0.2, 0.25) is 0 Å². The molecular formula is C9H17NO2. The van der Waals surface area contributed by atoms with Gasteiger partial charge in [-0.1, -0.05) is 0 Å². The first-order valence-corrected chi connectivity index (χ1v) is 4.86. The second-order valence-electron chi connectivity index (χ2n) is 3.70. The lowest BCUT2D eigenvalue weighted by Crippen LogP contribution is -2.41. The van der Waals surface area contributed by atoms with Crippen molar-refractivity contribution in [3.63, 3.8) is 0 Å². The molecule has 3 nitrogen and oxygen atoms in total. The summed E-state index contributed by atoms with van der Waals surface area (Å²) < 4.78 is 10.8. The van der Waals surface area contributed by atoms with Crippen LogP contribution in [0.1, 0.15) is 26.2 Å². The predicted octanol–water partition coefficient (Wildman–Crippen LogP) is 1.09. The molecule has 2 aliphatic rings. The number of hydrogen-bond acceptors (Lipinski definition) is 3. The largest absolute Gasteiger partial charge is 0.324 e. The average Bonchev–Trinajstić information content (AvgIpc) is 2.04. The topological polar surface area (TPSA) is 30.5 Å². The molecule has 0 aromatic rings. The molecule has 2 saturated heterocycles. The van der Waals surface area contributed by atoms with E-state index in [2.05, 4.69) is 5.32 Å². The normalized spacial score (nSPS) is 37.8. The zero-order valence-electron chi connectivity index (χ0n) is 7.58. The van der Waals surface area contributed by atoms with Gasteiger partial charge in [-0.3, -0.25) is 0 Å². The van der Waals surface area contributed by atoms with Gasteiger partial charge in [-0.15, -0.1) is 0 Å². The fraction of sp³-hybridized carbons (Fsp3) is 1.00. The van der Waals surface area contributed by atoms with Gasteiger partial charge < -0.3 is 14.8 Å². The molecule has 1 N–H and O–H groups in total. The van der Waals surface area contributed by atoms with Gasteiger partial charge in [-0.05, 0) is 38.8 Å². The molecule has 0 aliphatic carbocycles. The SMILES string of the molecule is CC1OC(CC2CCNCC2)O1. The molecule has 0 radical (unpaired) electrons. The smallest absolute Gasteiger partial charge is 0.164 e. The average molecular weight is 171 g/mol. The standard InChI is InChI=1S/C9H17NO2/c1-7-11-9(12-7)6-8-2-4-10-5-3-8/h7-10H,2-6H2,1H3. The third-order valence-corrected chi connectivity index (χ3v) is 2.67. The molecule has 0 bridgehead atoms. The van der Waals surface area contributed by atoms with Gasteiger partial charge in [0.25, 0.3) is 0 Å². The summed E-state index contributed by atoms with van der Waals surface area (Å²) in [5.74, 6) is 0.809. The van der Waals surface area contributed by atoms with Gasteiger partial charge in [-0.2, -0.15) is 0 Å². The number of hydrogen-bond donors (Lipinski definition) is 1. The summed E-state index contributed by atoms with van der Waals surface area (Å²) in [4.78, 5) is 0. The molecule has 0 amide bonds. The third-order valence-electron chi connectivity index (χ3n) is 2.67. The molecule has 2 aliphatic heterocycles. The van der Waals surface area contributed by atoms with Crippen molar-refractivity contribution >= 4 is 0 Å². The van der Waals surface area contributed by atoms with Gasteiger partial charge >= 0.3 is 0 Å². The van der Waals surface area contributed by atoms with Crippen LogP contribution in [-0.4, -0.2) is 25.7 Å².